The van der Waals surface area contributed by atoms with E-state index >= 15 is 0 Å². The number of H-pyrrole nitrogens is 2. The molecule has 0 amide bonds. The molecule has 0 aliphatic heterocycles. The molecule has 13 heteroatoms. The minimum atomic E-state index is -1.18. The van der Waals surface area contributed by atoms with Gasteiger partial charge < -0.3 is 50.0 Å². The summed E-state index contributed by atoms with van der Waals surface area (Å²) in [5.74, 6) is -4.56. The summed E-state index contributed by atoms with van der Waals surface area (Å²) in [5.41, 5.74) is -0.574. The lowest BCUT2D eigenvalue weighted by molar-refractivity contribution is -0.388. The largest absolute Gasteiger partial charge is 1.00 e. The van der Waals surface area contributed by atoms with Gasteiger partial charge in [-0.15, -0.1) is 0 Å². The Labute approximate surface area is 182 Å². The van der Waals surface area contributed by atoms with Crippen molar-refractivity contribution in [1.82, 2.24) is 0 Å². The van der Waals surface area contributed by atoms with E-state index in [1.54, 1.807) is 0 Å². The maximum Gasteiger partial charge on any atom is 0.401 e. The Balaban J connectivity index is -0.000000391. The van der Waals surface area contributed by atoms with Crippen LogP contribution in [-0.2, 0) is 4.79 Å². The lowest BCUT2D eigenvalue weighted by Crippen LogP contribution is -3.00. The number of Topliss-reactive ketones (excluding diaryl/α,β-unsaturated/α-hetero) is 1. The molecule has 0 spiro atoms. The monoisotopic (exact) mass is 464 g/mol. The molecule has 0 saturated carbocycles. The van der Waals surface area contributed by atoms with Crippen LogP contribution in [0, 0.1) is 0 Å². The summed E-state index contributed by atoms with van der Waals surface area (Å²) in [7, 11) is 0. The summed E-state index contributed by atoms with van der Waals surface area (Å²) in [6, 6.07) is 7.87. The maximum absolute atomic E-state index is 10.4. The molecule has 11 nitrogen and oxygen atoms in total. The van der Waals surface area contributed by atoms with Gasteiger partial charge in [0.2, 0.25) is 0 Å². The molecule has 0 bridgehead atoms. The summed E-state index contributed by atoms with van der Waals surface area (Å²) in [4.78, 5) is 55.3. The molecule has 0 aliphatic rings. The van der Waals surface area contributed by atoms with E-state index in [1.165, 1.54) is 50.2 Å². The molecule has 0 unspecified atom stereocenters. The summed E-state index contributed by atoms with van der Waals surface area (Å²) >= 11 is 0. The first-order chi connectivity index (χ1) is 13.0. The van der Waals surface area contributed by atoms with E-state index in [9.17, 15) is 24.0 Å². The number of aromatic amines is 2. The number of carboxylic acid groups (broad SMARTS) is 4. The molecule has 6 N–H and O–H groups in total. The van der Waals surface area contributed by atoms with Crippen molar-refractivity contribution < 1.29 is 79.2 Å². The van der Waals surface area contributed by atoms with Crippen molar-refractivity contribution in [1.29, 1.82) is 0 Å². The molecule has 0 aromatic carbocycles. The number of aromatic nitrogens is 2. The number of halogens is 2. The van der Waals surface area contributed by atoms with Gasteiger partial charge in [-0.1, -0.05) is 0 Å². The molecular formula is C17H18Cl2N2O9. The van der Waals surface area contributed by atoms with Crippen molar-refractivity contribution in [3.05, 3.63) is 59.2 Å². The summed E-state index contributed by atoms with van der Waals surface area (Å²) in [5, 5.41) is 33.9. The minimum Gasteiger partial charge on any atom is -1.00 e. The highest BCUT2D eigenvalue weighted by molar-refractivity contribution is 5.87. The normalized spacial score (nSPS) is 8.33. The van der Waals surface area contributed by atoms with Crippen LogP contribution in [0.4, 0.5) is 0 Å². The average molecular weight is 465 g/mol. The summed E-state index contributed by atoms with van der Waals surface area (Å²) < 4.78 is 0. The molecule has 2 aromatic rings. The molecule has 0 aliphatic carbocycles. The highest BCUT2D eigenvalue weighted by Gasteiger charge is 2.17. The maximum atomic E-state index is 10.4. The van der Waals surface area contributed by atoms with Gasteiger partial charge in [0.15, 0.2) is 0 Å². The first-order valence-electron chi connectivity index (χ1n) is 7.40. The van der Waals surface area contributed by atoms with Gasteiger partial charge in [-0.2, -0.15) is 9.97 Å². The van der Waals surface area contributed by atoms with Crippen LogP contribution in [0.15, 0.2) is 36.4 Å². The average Bonchev–Trinajstić information content (AvgIpc) is 2.62. The molecule has 2 heterocycles. The lowest BCUT2D eigenvalue weighted by atomic mass is 10.3. The molecule has 2 aromatic heterocycles. The SMILES string of the molecule is CC(C)=O.O=C(O)c1cccc(C(=O)O)[nH+]1.O=C(O)c1cccc(C(=O)O)[nH+]1.[Cl-].[Cl-]. The van der Waals surface area contributed by atoms with E-state index in [-0.39, 0.29) is 53.4 Å². The lowest BCUT2D eigenvalue weighted by Gasteiger charge is -1.87. The standard InChI is InChI=1S/2C7H5NO4.C3H6O.2ClH/c2*9-6(10)4-2-1-3-5(8-4)7(11)12;1-3(2)4;;/h2*1-3H,(H,9,10)(H,11,12);1-2H3;2*1H. The Kier molecular flexibility index (Phi) is 15.9. The molecule has 0 atom stereocenters. The molecule has 0 saturated heterocycles. The fourth-order valence-corrected chi connectivity index (χ4v) is 1.44. The Morgan fingerprint density at radius 2 is 0.733 bits per heavy atom. The zero-order valence-electron chi connectivity index (χ0n) is 15.6. The molecule has 0 fully saturated rings. The van der Waals surface area contributed by atoms with Crippen LogP contribution >= 0.6 is 0 Å². The van der Waals surface area contributed by atoms with Gasteiger partial charge in [0.05, 0.1) is 0 Å². The third-order valence-corrected chi connectivity index (χ3v) is 2.51. The van der Waals surface area contributed by atoms with E-state index in [1.807, 2.05) is 0 Å². The predicted octanol–water partition coefficient (Wildman–Crippen LogP) is -5.60. The topological polar surface area (TPSA) is 195 Å². The number of aromatic carboxylic acids is 4. The molecule has 30 heavy (non-hydrogen) atoms. The van der Waals surface area contributed by atoms with E-state index in [2.05, 4.69) is 9.97 Å². The molecule has 0 radical (unpaired) electrons. The van der Waals surface area contributed by atoms with Crippen LogP contribution in [0.3, 0.4) is 0 Å². The zero-order valence-corrected chi connectivity index (χ0v) is 17.1. The minimum absolute atomic E-state index is 0. The number of carboxylic acids is 4. The van der Waals surface area contributed by atoms with E-state index in [0.29, 0.717) is 0 Å². The summed E-state index contributed by atoms with van der Waals surface area (Å²) in [6.45, 7) is 3.06. The second kappa shape index (κ2) is 15.4. The van der Waals surface area contributed by atoms with E-state index in [0.717, 1.165) is 0 Å². The first-order valence-corrected chi connectivity index (χ1v) is 7.40. The van der Waals surface area contributed by atoms with Crippen LogP contribution in [0.1, 0.15) is 55.8 Å². The molecule has 2 rings (SSSR count). The Bertz CT molecular complexity index is 774. The number of carbonyl (C=O) groups excluding carboxylic acids is 1. The third-order valence-electron chi connectivity index (χ3n) is 2.51. The number of ketones is 1. The van der Waals surface area contributed by atoms with Gasteiger partial charge in [0.25, 0.3) is 22.8 Å². The van der Waals surface area contributed by atoms with Gasteiger partial charge in [-0.25, -0.2) is 19.2 Å². The highest BCUT2D eigenvalue weighted by Crippen LogP contribution is 1.94. The number of carbonyl (C=O) groups is 5. The van der Waals surface area contributed by atoms with Crippen LogP contribution in [-0.4, -0.2) is 50.1 Å². The smallest absolute Gasteiger partial charge is 0.401 e. The number of nitrogens with one attached hydrogen (secondary N) is 2. The second-order valence-corrected chi connectivity index (χ2v) is 5.09. The van der Waals surface area contributed by atoms with Crippen molar-refractivity contribution in [2.24, 2.45) is 0 Å². The van der Waals surface area contributed by atoms with Crippen molar-refractivity contribution >= 4 is 29.7 Å². The number of pyridine rings is 2. The number of hydrogen-bond acceptors (Lipinski definition) is 5. The van der Waals surface area contributed by atoms with E-state index in [4.69, 9.17) is 20.4 Å². The van der Waals surface area contributed by atoms with Gasteiger partial charge in [-0.05, 0) is 26.0 Å². The van der Waals surface area contributed by atoms with Gasteiger partial charge >= 0.3 is 23.9 Å². The Hall–Kier alpha value is -3.57. The quantitative estimate of drug-likeness (QED) is 0.340. The molecule has 164 valence electrons. The second-order valence-electron chi connectivity index (χ2n) is 5.09. The fourth-order valence-electron chi connectivity index (χ4n) is 1.44. The Morgan fingerprint density at radius 3 is 0.867 bits per heavy atom. The third kappa shape index (κ3) is 12.8. The van der Waals surface area contributed by atoms with Crippen molar-refractivity contribution in [3.8, 4) is 0 Å². The zero-order chi connectivity index (χ0) is 21.9. The summed E-state index contributed by atoms with van der Waals surface area (Å²) in [6.07, 6.45) is 0. The van der Waals surface area contributed by atoms with Crippen molar-refractivity contribution in [2.45, 2.75) is 13.8 Å². The number of hydrogen-bond donors (Lipinski definition) is 4. The van der Waals surface area contributed by atoms with Crippen molar-refractivity contribution in [3.63, 3.8) is 0 Å². The van der Waals surface area contributed by atoms with Gasteiger partial charge in [0, 0.05) is 24.3 Å². The Morgan fingerprint density at radius 1 is 0.567 bits per heavy atom. The fraction of sp³-hybridized carbons (Fsp3) is 0.118. The van der Waals surface area contributed by atoms with Gasteiger partial charge in [-0.3, -0.25) is 0 Å². The van der Waals surface area contributed by atoms with Crippen LogP contribution in [0.25, 0.3) is 0 Å². The van der Waals surface area contributed by atoms with Crippen molar-refractivity contribution in [2.75, 3.05) is 0 Å². The first kappa shape index (κ1) is 31.1. The molecular weight excluding hydrogens is 447 g/mol. The van der Waals surface area contributed by atoms with Crippen LogP contribution < -0.4 is 34.8 Å². The highest BCUT2D eigenvalue weighted by atomic mass is 35.5. The van der Waals surface area contributed by atoms with Gasteiger partial charge in [0.1, 0.15) is 5.78 Å². The van der Waals surface area contributed by atoms with Crippen LogP contribution in [0.2, 0.25) is 0 Å². The predicted molar refractivity (Wildman–Crippen MR) is 90.2 cm³/mol. The van der Waals surface area contributed by atoms with E-state index < -0.39 is 23.9 Å². The van der Waals surface area contributed by atoms with Crippen LogP contribution in [0.5, 0.6) is 0 Å². The number of rotatable bonds is 4.